The van der Waals surface area contributed by atoms with Gasteiger partial charge in [0.25, 0.3) is 0 Å². The Morgan fingerprint density at radius 2 is 2.30 bits per heavy atom. The second-order valence-corrected chi connectivity index (χ2v) is 1.35. The highest BCUT2D eigenvalue weighted by Crippen LogP contribution is 1.58. The maximum atomic E-state index is 6.93. The third kappa shape index (κ3) is 5.85. The molecule has 7 heteroatoms. The lowest BCUT2D eigenvalue weighted by Gasteiger charge is -2.17. The van der Waals surface area contributed by atoms with Gasteiger partial charge in [-0.05, 0) is 12.5 Å². The van der Waals surface area contributed by atoms with Crippen LogP contribution in [0.4, 0.5) is 0 Å². The molecule has 5 N–H and O–H groups in total. The molecule has 0 fully saturated rings. The normalized spacial score (nSPS) is 13.5. The molecule has 0 aliphatic heterocycles. The first kappa shape index (κ1) is 9.72. The standard InChI is InChI=1S/C3H13N5O2/c1-3-9-7-10-6-8(4)5-2/h4-8H,3H2,1-2H3. The number of rotatable bonds is 6. The Hall–Kier alpha value is -0.280. The lowest BCUT2D eigenvalue weighted by Crippen LogP contribution is -3.18. The van der Waals surface area contributed by atoms with Crippen molar-refractivity contribution in [2.75, 3.05) is 13.7 Å². The van der Waals surface area contributed by atoms with Gasteiger partial charge in [-0.3, -0.25) is 4.84 Å². The monoisotopic (exact) mass is 151 g/mol. The van der Waals surface area contributed by atoms with Crippen molar-refractivity contribution in [3.05, 3.63) is 5.84 Å². The SMILES string of the molecule is CCONON[NH+]([NH-])NC. The van der Waals surface area contributed by atoms with Crippen LogP contribution in [0.25, 0.3) is 5.84 Å². The molecule has 0 saturated heterocycles. The van der Waals surface area contributed by atoms with Crippen LogP contribution in [0.2, 0.25) is 0 Å². The molecule has 1 atom stereocenters. The number of hydrogen-bond donors (Lipinski definition) is 4. The number of nitrogens with one attached hydrogen (secondary N) is 5. The first-order valence-electron chi connectivity index (χ1n) is 2.86. The van der Waals surface area contributed by atoms with Crippen LogP contribution in [-0.2, 0) is 9.78 Å². The van der Waals surface area contributed by atoms with Crippen molar-refractivity contribution >= 4 is 0 Å². The maximum Gasteiger partial charge on any atom is 0.0681 e. The quantitative estimate of drug-likeness (QED) is 0.257. The molecule has 62 valence electrons. The summed E-state index contributed by atoms with van der Waals surface area (Å²) in [6.45, 7) is 2.30. The molecule has 0 radical (unpaired) electrons. The summed E-state index contributed by atoms with van der Waals surface area (Å²) in [7, 11) is 1.60. The average Bonchev–Trinajstić information content (AvgIpc) is 1.98. The van der Waals surface area contributed by atoms with E-state index in [0.29, 0.717) is 6.61 Å². The molecule has 0 bridgehead atoms. The van der Waals surface area contributed by atoms with Crippen LogP contribution in [0.5, 0.6) is 0 Å². The fourth-order valence-corrected chi connectivity index (χ4v) is 0.211. The molecule has 0 spiro atoms. The van der Waals surface area contributed by atoms with E-state index in [4.69, 9.17) is 5.84 Å². The summed E-state index contributed by atoms with van der Waals surface area (Å²) < 4.78 is 0. The summed E-state index contributed by atoms with van der Waals surface area (Å²) in [6, 6.07) is 0. The zero-order chi connectivity index (χ0) is 7.82. The summed E-state index contributed by atoms with van der Waals surface area (Å²) in [5.41, 5.74) is 6.81. The predicted molar refractivity (Wildman–Crippen MR) is 33.3 cm³/mol. The van der Waals surface area contributed by atoms with Crippen molar-refractivity contribution < 1.29 is 15.0 Å². The van der Waals surface area contributed by atoms with Crippen LogP contribution in [-0.4, -0.2) is 13.7 Å². The molecule has 10 heavy (non-hydrogen) atoms. The maximum absolute atomic E-state index is 6.93. The molecule has 0 aromatic heterocycles. The third-order valence-corrected chi connectivity index (χ3v) is 0.648. The van der Waals surface area contributed by atoms with Gasteiger partial charge in [-0.25, -0.2) is 5.23 Å². The van der Waals surface area contributed by atoms with E-state index in [1.54, 1.807) is 14.0 Å². The smallest absolute Gasteiger partial charge is 0.0681 e. The van der Waals surface area contributed by atoms with Crippen molar-refractivity contribution in [2.45, 2.75) is 6.92 Å². The van der Waals surface area contributed by atoms with Crippen LogP contribution < -0.4 is 21.9 Å². The highest BCUT2D eigenvalue weighted by molar-refractivity contribution is 3.95. The van der Waals surface area contributed by atoms with E-state index < -0.39 is 0 Å². The lowest BCUT2D eigenvalue weighted by molar-refractivity contribution is -0.971. The molecule has 7 nitrogen and oxygen atoms in total. The van der Waals surface area contributed by atoms with E-state index in [1.807, 2.05) is 0 Å². The Kier molecular flexibility index (Phi) is 6.64. The first-order valence-corrected chi connectivity index (χ1v) is 2.86. The second kappa shape index (κ2) is 6.83. The molecule has 1 unspecified atom stereocenters. The zero-order valence-electron chi connectivity index (χ0n) is 6.02. The van der Waals surface area contributed by atoms with E-state index in [9.17, 15) is 0 Å². The Labute approximate surface area is 59.2 Å². The van der Waals surface area contributed by atoms with Gasteiger partial charge in [-0.15, -0.1) is 4.94 Å². The van der Waals surface area contributed by atoms with Crippen molar-refractivity contribution in [2.24, 2.45) is 0 Å². The Morgan fingerprint density at radius 3 is 2.80 bits per heavy atom. The van der Waals surface area contributed by atoms with Gasteiger partial charge in [-0.1, -0.05) is 5.64 Å². The molecule has 0 amide bonds. The van der Waals surface area contributed by atoms with Crippen molar-refractivity contribution in [1.29, 1.82) is 0 Å². The van der Waals surface area contributed by atoms with Gasteiger partial charge < -0.3 is 5.84 Å². The van der Waals surface area contributed by atoms with E-state index >= 15 is 0 Å². The van der Waals surface area contributed by atoms with Crippen LogP contribution in [0.15, 0.2) is 0 Å². The van der Waals surface area contributed by atoms with Gasteiger partial charge >= 0.3 is 0 Å². The number of quaternary nitrogens is 1. The van der Waals surface area contributed by atoms with Gasteiger partial charge in [0.05, 0.1) is 6.61 Å². The van der Waals surface area contributed by atoms with Gasteiger partial charge in [-0.2, -0.15) is 5.43 Å². The molecule has 0 aromatic rings. The topological polar surface area (TPSA) is 82.8 Å². The molecular weight excluding hydrogens is 138 g/mol. The van der Waals surface area contributed by atoms with Gasteiger partial charge in [0.2, 0.25) is 0 Å². The average molecular weight is 151 g/mol. The Balaban J connectivity index is 2.89. The fraction of sp³-hybridized carbons (Fsp3) is 1.00. The van der Waals surface area contributed by atoms with Gasteiger partial charge in [0, 0.05) is 7.05 Å². The lowest BCUT2D eigenvalue weighted by atomic mass is 10.9. The largest absolute Gasteiger partial charge is 0.425 e. The van der Waals surface area contributed by atoms with Gasteiger partial charge in [0.1, 0.15) is 0 Å². The van der Waals surface area contributed by atoms with Crippen molar-refractivity contribution in [3.8, 4) is 0 Å². The Morgan fingerprint density at radius 1 is 1.60 bits per heavy atom. The molecule has 0 heterocycles. The highest BCUT2D eigenvalue weighted by Gasteiger charge is 1.87. The molecule has 0 rings (SSSR count). The fourth-order valence-electron chi connectivity index (χ4n) is 0.211. The zero-order valence-corrected chi connectivity index (χ0v) is 6.02. The van der Waals surface area contributed by atoms with Crippen LogP contribution in [0, 0.1) is 0 Å². The summed E-state index contributed by atoms with van der Waals surface area (Å²) in [5.74, 6) is 6.93. The minimum atomic E-state index is 0.0483. The molecule has 0 aliphatic rings. The van der Waals surface area contributed by atoms with Crippen LogP contribution in [0.1, 0.15) is 6.92 Å². The minimum absolute atomic E-state index is 0.0483. The second-order valence-electron chi connectivity index (χ2n) is 1.35. The highest BCUT2D eigenvalue weighted by atomic mass is 17.0. The summed E-state index contributed by atoms with van der Waals surface area (Å²) >= 11 is 0. The van der Waals surface area contributed by atoms with E-state index in [1.165, 1.54) is 0 Å². The van der Waals surface area contributed by atoms with Crippen LogP contribution >= 0.6 is 0 Å². The van der Waals surface area contributed by atoms with Crippen molar-refractivity contribution in [1.82, 2.24) is 16.7 Å². The third-order valence-electron chi connectivity index (χ3n) is 0.648. The summed E-state index contributed by atoms with van der Waals surface area (Å²) in [5, 5.41) is 0.0483. The molecule has 0 saturated carbocycles. The summed E-state index contributed by atoms with van der Waals surface area (Å²) in [6.07, 6.45) is 0. The Bertz CT molecular complexity index is 71.9. The van der Waals surface area contributed by atoms with E-state index in [0.717, 1.165) is 0 Å². The molecular formula is C3H13N5O2. The minimum Gasteiger partial charge on any atom is -0.425 e. The van der Waals surface area contributed by atoms with Gasteiger partial charge in [0.15, 0.2) is 0 Å². The van der Waals surface area contributed by atoms with E-state index in [-0.39, 0.29) is 5.23 Å². The molecule has 0 aromatic carbocycles. The van der Waals surface area contributed by atoms with E-state index in [2.05, 4.69) is 26.4 Å². The van der Waals surface area contributed by atoms with Crippen molar-refractivity contribution in [3.63, 3.8) is 0 Å². The first-order chi connectivity index (χ1) is 4.81. The summed E-state index contributed by atoms with van der Waals surface area (Å²) in [4.78, 5) is 8.99. The van der Waals surface area contributed by atoms with Crippen LogP contribution in [0.3, 0.4) is 0 Å². The predicted octanol–water partition coefficient (Wildman–Crippen LogP) is -2.13. The molecule has 0 aliphatic carbocycles. The number of hydrogen-bond acceptors (Lipinski definition) is 5.